The first-order chi connectivity index (χ1) is 16.0. The highest BCUT2D eigenvalue weighted by atomic mass is 16.5. The van der Waals surface area contributed by atoms with E-state index in [1.165, 1.54) is 6.20 Å². The number of benzene rings is 1. The number of carbonyl (C=O) groups excluding carboxylic acids is 1. The van der Waals surface area contributed by atoms with Crippen LogP contribution in [0.15, 0.2) is 24.5 Å². The Kier molecular flexibility index (Phi) is 7.97. The summed E-state index contributed by atoms with van der Waals surface area (Å²) in [5, 5.41) is 18.3. The highest BCUT2D eigenvalue weighted by molar-refractivity contribution is 6.06. The second-order valence-corrected chi connectivity index (χ2v) is 7.04. The number of carboxylic acid groups (broad SMARTS) is 1. The number of nitrogens with zero attached hydrogens (tertiary/aromatic N) is 5. The van der Waals surface area contributed by atoms with Gasteiger partial charge in [0.25, 0.3) is 12.4 Å². The van der Waals surface area contributed by atoms with Crippen molar-refractivity contribution in [2.45, 2.75) is 6.92 Å². The van der Waals surface area contributed by atoms with Crippen LogP contribution in [0, 0.1) is 0 Å². The molecular formula is C21H27N7O5. The topological polar surface area (TPSA) is 144 Å². The molecule has 3 heterocycles. The quantitative estimate of drug-likeness (QED) is 0.461. The van der Waals surface area contributed by atoms with E-state index in [0.29, 0.717) is 24.0 Å². The minimum absolute atomic E-state index is 0.250. The summed E-state index contributed by atoms with van der Waals surface area (Å²) >= 11 is 0. The molecule has 4 rings (SSSR count). The maximum atomic E-state index is 13.0. The van der Waals surface area contributed by atoms with Crippen molar-refractivity contribution in [2.24, 2.45) is 7.05 Å². The number of rotatable bonds is 6. The van der Waals surface area contributed by atoms with Crippen molar-refractivity contribution in [2.75, 3.05) is 50.1 Å². The fraction of sp³-hybridized carbons (Fsp3) is 0.381. The molecule has 3 N–H and O–H groups in total. The third-order valence-electron chi connectivity index (χ3n) is 4.83. The average Bonchev–Trinajstić information content (AvgIpc) is 3.20. The van der Waals surface area contributed by atoms with Gasteiger partial charge in [0.2, 0.25) is 11.8 Å². The van der Waals surface area contributed by atoms with Gasteiger partial charge in [0.1, 0.15) is 16.8 Å². The Morgan fingerprint density at radius 2 is 2.06 bits per heavy atom. The fourth-order valence-electron chi connectivity index (χ4n) is 3.43. The van der Waals surface area contributed by atoms with Crippen molar-refractivity contribution in [1.82, 2.24) is 25.1 Å². The number of carbonyl (C=O) groups is 2. The lowest BCUT2D eigenvalue weighted by molar-refractivity contribution is -0.122. The Balaban J connectivity index is 0.000000968. The summed E-state index contributed by atoms with van der Waals surface area (Å²) in [5.41, 5.74) is 1.60. The zero-order valence-electron chi connectivity index (χ0n) is 18.7. The molecule has 33 heavy (non-hydrogen) atoms. The summed E-state index contributed by atoms with van der Waals surface area (Å²) < 4.78 is 12.8. The van der Waals surface area contributed by atoms with E-state index in [9.17, 15) is 4.79 Å². The third kappa shape index (κ3) is 5.66. The van der Waals surface area contributed by atoms with Crippen LogP contribution in [0.5, 0.6) is 11.6 Å². The number of hydrogen-bond acceptors (Lipinski definition) is 9. The number of anilines is 2. The van der Waals surface area contributed by atoms with Gasteiger partial charge < -0.3 is 30.1 Å². The maximum Gasteiger partial charge on any atom is 0.290 e. The van der Waals surface area contributed by atoms with Crippen LogP contribution < -0.4 is 25.0 Å². The second-order valence-electron chi connectivity index (χ2n) is 7.04. The molecule has 0 unspecified atom stereocenters. The van der Waals surface area contributed by atoms with Gasteiger partial charge in [-0.3, -0.25) is 14.3 Å². The number of methoxy groups -OCH3 is 1. The zero-order chi connectivity index (χ0) is 23.8. The van der Waals surface area contributed by atoms with E-state index >= 15 is 0 Å². The average molecular weight is 457 g/mol. The summed E-state index contributed by atoms with van der Waals surface area (Å²) in [7, 11) is 3.41. The summed E-state index contributed by atoms with van der Waals surface area (Å²) in [6.07, 6.45) is 3.38. The minimum Gasteiger partial charge on any atom is -0.494 e. The predicted octanol–water partition coefficient (Wildman–Crippen LogP) is 1.13. The summed E-state index contributed by atoms with van der Waals surface area (Å²) in [5.74, 6) is 1.07. The lowest BCUT2D eigenvalue weighted by Gasteiger charge is -2.27. The molecule has 1 amide bonds. The van der Waals surface area contributed by atoms with E-state index < -0.39 is 0 Å². The molecule has 3 aromatic rings. The molecule has 0 spiro atoms. The van der Waals surface area contributed by atoms with E-state index in [1.807, 2.05) is 26.2 Å². The Morgan fingerprint density at radius 1 is 1.33 bits per heavy atom. The molecule has 176 valence electrons. The molecule has 0 atom stereocenters. The van der Waals surface area contributed by atoms with Gasteiger partial charge in [0.05, 0.1) is 13.7 Å². The van der Waals surface area contributed by atoms with Crippen LogP contribution in [0.2, 0.25) is 0 Å². The van der Waals surface area contributed by atoms with Crippen molar-refractivity contribution < 1.29 is 24.2 Å². The van der Waals surface area contributed by atoms with Gasteiger partial charge in [-0.25, -0.2) is 4.98 Å². The molecule has 1 saturated heterocycles. The largest absolute Gasteiger partial charge is 0.494 e. The van der Waals surface area contributed by atoms with E-state index in [0.717, 1.165) is 37.1 Å². The number of fused-ring (bicyclic) bond motifs is 1. The van der Waals surface area contributed by atoms with Crippen molar-refractivity contribution in [3.63, 3.8) is 0 Å². The van der Waals surface area contributed by atoms with Gasteiger partial charge >= 0.3 is 0 Å². The first kappa shape index (κ1) is 23.7. The van der Waals surface area contributed by atoms with Crippen LogP contribution >= 0.6 is 0 Å². The number of hydrogen-bond donors (Lipinski definition) is 3. The summed E-state index contributed by atoms with van der Waals surface area (Å²) in [6.45, 7) is 5.36. The highest BCUT2D eigenvalue weighted by Gasteiger charge is 2.20. The van der Waals surface area contributed by atoms with Crippen LogP contribution in [-0.4, -0.2) is 77.1 Å². The van der Waals surface area contributed by atoms with Gasteiger partial charge in [0.15, 0.2) is 0 Å². The molecule has 1 fully saturated rings. The van der Waals surface area contributed by atoms with Gasteiger partial charge in [-0.1, -0.05) is 0 Å². The molecule has 0 bridgehead atoms. The number of aryl methyl sites for hydroxylation is 1. The first-order valence-electron chi connectivity index (χ1n) is 10.4. The van der Waals surface area contributed by atoms with Crippen molar-refractivity contribution in [3.8, 4) is 11.6 Å². The molecule has 0 saturated carbocycles. The third-order valence-corrected chi connectivity index (χ3v) is 4.83. The van der Waals surface area contributed by atoms with Gasteiger partial charge in [0, 0.05) is 62.8 Å². The Labute approximate surface area is 190 Å². The van der Waals surface area contributed by atoms with E-state index in [2.05, 4.69) is 30.6 Å². The van der Waals surface area contributed by atoms with Gasteiger partial charge in [-0.05, 0) is 13.0 Å². The van der Waals surface area contributed by atoms with Crippen molar-refractivity contribution in [3.05, 3.63) is 30.1 Å². The van der Waals surface area contributed by atoms with Gasteiger partial charge in [-0.2, -0.15) is 10.1 Å². The van der Waals surface area contributed by atoms with E-state index in [4.69, 9.17) is 19.4 Å². The SMILES string of the molecule is CCOc1nc(N2CCNCC2)ncc1C(=O)Nc1cc(OC)c2nn(C)cc2c1.O=CO. The fourth-order valence-corrected chi connectivity index (χ4v) is 3.43. The monoisotopic (exact) mass is 457 g/mol. The smallest absolute Gasteiger partial charge is 0.290 e. The van der Waals surface area contributed by atoms with Crippen LogP contribution in [0.25, 0.3) is 10.9 Å². The molecular weight excluding hydrogens is 430 g/mol. The molecule has 0 radical (unpaired) electrons. The molecule has 1 aliphatic rings. The molecule has 1 aliphatic heterocycles. The van der Waals surface area contributed by atoms with Crippen LogP contribution in [-0.2, 0) is 11.8 Å². The van der Waals surface area contributed by atoms with Crippen molar-refractivity contribution >= 4 is 34.9 Å². The summed E-state index contributed by atoms with van der Waals surface area (Å²) in [6, 6.07) is 3.59. The Bertz CT molecular complexity index is 1110. The number of piperazine rings is 1. The zero-order valence-corrected chi connectivity index (χ0v) is 18.7. The molecule has 12 nitrogen and oxygen atoms in total. The Hall–Kier alpha value is -3.93. The van der Waals surface area contributed by atoms with E-state index in [-0.39, 0.29) is 23.8 Å². The second kappa shape index (κ2) is 11.1. The van der Waals surface area contributed by atoms with Crippen LogP contribution in [0.4, 0.5) is 11.6 Å². The van der Waals surface area contributed by atoms with Crippen LogP contribution in [0.3, 0.4) is 0 Å². The maximum absolute atomic E-state index is 13.0. The highest BCUT2D eigenvalue weighted by Crippen LogP contribution is 2.29. The lowest BCUT2D eigenvalue weighted by atomic mass is 10.2. The normalized spacial score (nSPS) is 13.1. The lowest BCUT2D eigenvalue weighted by Crippen LogP contribution is -2.44. The summed E-state index contributed by atoms with van der Waals surface area (Å²) in [4.78, 5) is 32.3. The number of ether oxygens (including phenoxy) is 2. The Morgan fingerprint density at radius 3 is 2.73 bits per heavy atom. The predicted molar refractivity (Wildman–Crippen MR) is 122 cm³/mol. The molecule has 2 aromatic heterocycles. The number of nitrogens with one attached hydrogen (secondary N) is 2. The van der Waals surface area contributed by atoms with Crippen molar-refractivity contribution in [1.29, 1.82) is 0 Å². The minimum atomic E-state index is -0.351. The van der Waals surface area contributed by atoms with Crippen LogP contribution in [0.1, 0.15) is 17.3 Å². The molecule has 0 aliphatic carbocycles. The molecule has 12 heteroatoms. The van der Waals surface area contributed by atoms with Gasteiger partial charge in [-0.15, -0.1) is 0 Å². The van der Waals surface area contributed by atoms with E-state index in [1.54, 1.807) is 17.9 Å². The first-order valence-corrected chi connectivity index (χ1v) is 10.4. The number of amides is 1. The standard InChI is InChI=1S/C20H25N7O3.CH2O2/c1-4-30-19-15(11-22-20(24-19)27-7-5-21-6-8-27)18(28)23-14-9-13-12-26(2)25-17(13)16(10-14)29-3;2-1-3/h9-12,21H,4-8H2,1-3H3,(H,23,28);1H,(H,2,3). The molecule has 1 aromatic carbocycles. The number of aromatic nitrogens is 4.